The van der Waals surface area contributed by atoms with Crippen molar-refractivity contribution in [2.24, 2.45) is 0 Å². The summed E-state index contributed by atoms with van der Waals surface area (Å²) in [6.45, 7) is 1.60. The summed E-state index contributed by atoms with van der Waals surface area (Å²) in [5.74, 6) is 0.197. The molecule has 1 N–H and O–H groups in total. The van der Waals surface area contributed by atoms with E-state index in [1.54, 1.807) is 13.0 Å². The molecule has 0 saturated heterocycles. The Morgan fingerprint density at radius 3 is 3.00 bits per heavy atom. The summed E-state index contributed by atoms with van der Waals surface area (Å²) >= 11 is 0. The molecule has 80 valence electrons. The lowest BCUT2D eigenvalue weighted by molar-refractivity contribution is -0.116. The normalized spacial score (nSPS) is 10.2. The Balaban J connectivity index is 2.35. The number of aromatic amines is 1. The van der Waals surface area contributed by atoms with Crippen LogP contribution in [0, 0.1) is 11.3 Å². The fourth-order valence-electron chi connectivity index (χ4n) is 1.77. The van der Waals surface area contributed by atoms with E-state index in [4.69, 9.17) is 5.26 Å². The number of nitrogens with zero attached hydrogens (tertiary/aromatic N) is 1. The maximum Gasteiger partial charge on any atom is 0.130 e. The number of carbonyl (C=O) groups excluding carboxylic acids is 1. The summed E-state index contributed by atoms with van der Waals surface area (Å²) < 4.78 is 0. The molecule has 1 aromatic carbocycles. The van der Waals surface area contributed by atoms with Gasteiger partial charge in [-0.3, -0.25) is 0 Å². The smallest absolute Gasteiger partial charge is 0.130 e. The minimum absolute atomic E-state index is 0.197. The molecule has 0 amide bonds. The molecular weight excluding hydrogens is 200 g/mol. The topological polar surface area (TPSA) is 56.6 Å². The number of H-pyrrole nitrogens is 1. The molecule has 0 aliphatic carbocycles. The van der Waals surface area contributed by atoms with Crippen LogP contribution in [0.25, 0.3) is 10.9 Å². The highest BCUT2D eigenvalue weighted by molar-refractivity contribution is 5.85. The average Bonchev–Trinajstić information content (AvgIpc) is 2.68. The summed E-state index contributed by atoms with van der Waals surface area (Å²) in [4.78, 5) is 14.0. The maximum atomic E-state index is 10.9. The Labute approximate surface area is 93.7 Å². The standard InChI is InChI=1S/C13H12N2O/c1-9(16)2-4-11-8-15-13-6-10(7-14)3-5-12(11)13/h3,5-6,8,15H,2,4H2,1H3. The van der Waals surface area contributed by atoms with E-state index in [1.165, 1.54) is 0 Å². The van der Waals surface area contributed by atoms with Gasteiger partial charge in [0.1, 0.15) is 5.78 Å². The number of carbonyl (C=O) groups is 1. The summed E-state index contributed by atoms with van der Waals surface area (Å²) in [6.07, 6.45) is 3.23. The van der Waals surface area contributed by atoms with E-state index in [9.17, 15) is 4.79 Å². The van der Waals surface area contributed by atoms with Gasteiger partial charge >= 0.3 is 0 Å². The van der Waals surface area contributed by atoms with E-state index in [0.29, 0.717) is 12.0 Å². The van der Waals surface area contributed by atoms with Crippen molar-refractivity contribution in [2.45, 2.75) is 19.8 Å². The van der Waals surface area contributed by atoms with Crippen molar-refractivity contribution in [3.05, 3.63) is 35.5 Å². The molecule has 2 aromatic rings. The number of nitriles is 1. The number of hydrogen-bond acceptors (Lipinski definition) is 2. The second-order valence-corrected chi connectivity index (χ2v) is 3.89. The highest BCUT2D eigenvalue weighted by Crippen LogP contribution is 2.20. The Hall–Kier alpha value is -2.08. The minimum atomic E-state index is 0.197. The Morgan fingerprint density at radius 1 is 1.50 bits per heavy atom. The van der Waals surface area contributed by atoms with E-state index in [1.807, 2.05) is 18.3 Å². The number of ketones is 1. The molecule has 0 saturated carbocycles. The summed E-state index contributed by atoms with van der Waals surface area (Å²) in [6, 6.07) is 7.66. The monoisotopic (exact) mass is 212 g/mol. The van der Waals surface area contributed by atoms with Crippen LogP contribution in [0.3, 0.4) is 0 Å². The second-order valence-electron chi connectivity index (χ2n) is 3.89. The average molecular weight is 212 g/mol. The number of aryl methyl sites for hydroxylation is 1. The molecule has 0 fully saturated rings. The zero-order valence-corrected chi connectivity index (χ0v) is 9.08. The molecule has 0 aliphatic heterocycles. The van der Waals surface area contributed by atoms with Gasteiger partial charge in [0.15, 0.2) is 0 Å². The number of Topliss-reactive ketones (excluding diaryl/α,β-unsaturated/α-hetero) is 1. The molecule has 3 heteroatoms. The molecular formula is C13H12N2O. The maximum absolute atomic E-state index is 10.9. The molecule has 0 atom stereocenters. The molecule has 3 nitrogen and oxygen atoms in total. The van der Waals surface area contributed by atoms with E-state index in [-0.39, 0.29) is 5.78 Å². The summed E-state index contributed by atoms with van der Waals surface area (Å²) in [5.41, 5.74) is 2.74. The predicted octanol–water partition coefficient (Wildman–Crippen LogP) is 2.56. The van der Waals surface area contributed by atoms with E-state index in [0.717, 1.165) is 22.9 Å². The van der Waals surface area contributed by atoms with Crippen LogP contribution in [0.4, 0.5) is 0 Å². The molecule has 0 spiro atoms. The van der Waals surface area contributed by atoms with Gasteiger partial charge in [0.25, 0.3) is 0 Å². The quantitative estimate of drug-likeness (QED) is 0.850. The Morgan fingerprint density at radius 2 is 2.31 bits per heavy atom. The molecule has 2 rings (SSSR count). The van der Waals surface area contributed by atoms with Gasteiger partial charge in [0, 0.05) is 23.5 Å². The summed E-state index contributed by atoms with van der Waals surface area (Å²) in [5, 5.41) is 9.87. The number of aromatic nitrogens is 1. The second kappa shape index (κ2) is 4.19. The van der Waals surface area contributed by atoms with Crippen LogP contribution in [0.2, 0.25) is 0 Å². The highest BCUT2D eigenvalue weighted by Gasteiger charge is 2.05. The van der Waals surface area contributed by atoms with Gasteiger partial charge in [-0.1, -0.05) is 6.07 Å². The van der Waals surface area contributed by atoms with Gasteiger partial charge in [-0.2, -0.15) is 5.26 Å². The molecule has 1 aromatic heterocycles. The van der Waals surface area contributed by atoms with Gasteiger partial charge < -0.3 is 9.78 Å². The third-order valence-corrected chi connectivity index (χ3v) is 2.64. The SMILES string of the molecule is CC(=O)CCc1c[nH]c2cc(C#N)ccc12. The fraction of sp³-hybridized carbons (Fsp3) is 0.231. The van der Waals surface area contributed by atoms with Gasteiger partial charge in [-0.15, -0.1) is 0 Å². The van der Waals surface area contributed by atoms with E-state index >= 15 is 0 Å². The molecule has 0 aliphatic rings. The van der Waals surface area contributed by atoms with Crippen LogP contribution < -0.4 is 0 Å². The van der Waals surface area contributed by atoms with Gasteiger partial charge in [-0.25, -0.2) is 0 Å². The molecule has 0 bridgehead atoms. The van der Waals surface area contributed by atoms with Crippen LogP contribution >= 0.6 is 0 Å². The zero-order chi connectivity index (χ0) is 11.5. The number of hydrogen-bond donors (Lipinski definition) is 1. The summed E-state index contributed by atoms with van der Waals surface area (Å²) in [7, 11) is 0. The minimum Gasteiger partial charge on any atom is -0.361 e. The first kappa shape index (κ1) is 10.4. The van der Waals surface area contributed by atoms with E-state index in [2.05, 4.69) is 11.1 Å². The molecule has 16 heavy (non-hydrogen) atoms. The lowest BCUT2D eigenvalue weighted by Crippen LogP contribution is -1.92. The highest BCUT2D eigenvalue weighted by atomic mass is 16.1. The van der Waals surface area contributed by atoms with Crippen molar-refractivity contribution in [1.29, 1.82) is 5.26 Å². The number of benzene rings is 1. The van der Waals surface area contributed by atoms with Crippen LogP contribution in [0.1, 0.15) is 24.5 Å². The predicted molar refractivity (Wildman–Crippen MR) is 62.0 cm³/mol. The molecule has 0 radical (unpaired) electrons. The molecule has 1 heterocycles. The van der Waals surface area contributed by atoms with Crippen molar-refractivity contribution < 1.29 is 4.79 Å². The van der Waals surface area contributed by atoms with Crippen molar-refractivity contribution in [1.82, 2.24) is 4.98 Å². The Bertz CT molecular complexity index is 575. The lowest BCUT2D eigenvalue weighted by atomic mass is 10.1. The van der Waals surface area contributed by atoms with Crippen LogP contribution in [-0.4, -0.2) is 10.8 Å². The van der Waals surface area contributed by atoms with Crippen LogP contribution in [-0.2, 0) is 11.2 Å². The van der Waals surface area contributed by atoms with Crippen LogP contribution in [0.5, 0.6) is 0 Å². The first-order valence-corrected chi connectivity index (χ1v) is 5.20. The number of rotatable bonds is 3. The van der Waals surface area contributed by atoms with Crippen molar-refractivity contribution in [3.8, 4) is 6.07 Å². The van der Waals surface area contributed by atoms with Crippen LogP contribution in [0.15, 0.2) is 24.4 Å². The van der Waals surface area contributed by atoms with Crippen molar-refractivity contribution in [2.75, 3.05) is 0 Å². The third-order valence-electron chi connectivity index (χ3n) is 2.64. The number of nitrogens with one attached hydrogen (secondary N) is 1. The lowest BCUT2D eigenvalue weighted by Gasteiger charge is -1.96. The fourth-order valence-corrected chi connectivity index (χ4v) is 1.77. The zero-order valence-electron chi connectivity index (χ0n) is 9.08. The number of fused-ring (bicyclic) bond motifs is 1. The van der Waals surface area contributed by atoms with Gasteiger partial charge in [0.05, 0.1) is 11.6 Å². The van der Waals surface area contributed by atoms with Gasteiger partial charge in [0.2, 0.25) is 0 Å². The first-order chi connectivity index (χ1) is 7.70. The van der Waals surface area contributed by atoms with Gasteiger partial charge in [-0.05, 0) is 31.0 Å². The van der Waals surface area contributed by atoms with Crippen molar-refractivity contribution in [3.63, 3.8) is 0 Å². The van der Waals surface area contributed by atoms with Crippen molar-refractivity contribution >= 4 is 16.7 Å². The van der Waals surface area contributed by atoms with E-state index < -0.39 is 0 Å². The Kier molecular flexibility index (Phi) is 2.74. The largest absolute Gasteiger partial charge is 0.361 e. The molecule has 0 unspecified atom stereocenters. The third kappa shape index (κ3) is 1.96. The first-order valence-electron chi connectivity index (χ1n) is 5.20.